The highest BCUT2D eigenvalue weighted by atomic mass is 35.5. The maximum absolute atomic E-state index is 6.23. The summed E-state index contributed by atoms with van der Waals surface area (Å²) in [5.41, 5.74) is 7.32. The highest BCUT2D eigenvalue weighted by molar-refractivity contribution is 6.65. The third-order valence-electron chi connectivity index (χ3n) is 3.14. The van der Waals surface area contributed by atoms with Gasteiger partial charge in [-0.05, 0) is 13.0 Å². The Bertz CT molecular complexity index is 500. The molecule has 0 radical (unpaired) electrons. The third-order valence-corrected chi connectivity index (χ3v) is 3.73. The van der Waals surface area contributed by atoms with Gasteiger partial charge in [0.2, 0.25) is 0 Å². The maximum Gasteiger partial charge on any atom is 0.499 e. The van der Waals surface area contributed by atoms with Gasteiger partial charge in [0.15, 0.2) is 0 Å². The standard InChI is InChI=1S/C11H12BCl2NO3/c1-5-4-16-11-7(14)2-6(13)9-8(3-15)18-12(17-5)10(9)11/h2,5,8H,3-4,15H2,1H3. The van der Waals surface area contributed by atoms with Crippen molar-refractivity contribution in [2.75, 3.05) is 13.2 Å². The van der Waals surface area contributed by atoms with Crippen LogP contribution in [0.5, 0.6) is 5.75 Å². The van der Waals surface area contributed by atoms with E-state index in [2.05, 4.69) is 0 Å². The predicted octanol–water partition coefficient (Wildman–Crippen LogP) is 1.52. The van der Waals surface area contributed by atoms with Gasteiger partial charge in [0.25, 0.3) is 0 Å². The van der Waals surface area contributed by atoms with Crippen molar-refractivity contribution in [3.05, 3.63) is 21.7 Å². The third kappa shape index (κ3) is 1.82. The maximum atomic E-state index is 6.23. The van der Waals surface area contributed by atoms with Gasteiger partial charge in [0, 0.05) is 22.6 Å². The number of ether oxygens (including phenoxy) is 1. The summed E-state index contributed by atoms with van der Waals surface area (Å²) in [7, 11) is -0.503. The van der Waals surface area contributed by atoms with Crippen molar-refractivity contribution in [2.45, 2.75) is 19.1 Å². The summed E-state index contributed by atoms with van der Waals surface area (Å²) in [4.78, 5) is 0. The number of hydrogen-bond donors (Lipinski definition) is 1. The van der Waals surface area contributed by atoms with Gasteiger partial charge in [-0.2, -0.15) is 0 Å². The molecule has 2 aliphatic rings. The Kier molecular flexibility index (Phi) is 3.20. The number of halogens is 2. The van der Waals surface area contributed by atoms with Crippen molar-refractivity contribution in [3.8, 4) is 5.75 Å². The zero-order valence-electron chi connectivity index (χ0n) is 9.78. The zero-order chi connectivity index (χ0) is 12.9. The summed E-state index contributed by atoms with van der Waals surface area (Å²) in [6.07, 6.45) is -0.357. The summed E-state index contributed by atoms with van der Waals surface area (Å²) in [5.74, 6) is 0.598. The molecule has 3 rings (SSSR count). The molecule has 7 heteroatoms. The molecule has 0 saturated heterocycles. The molecule has 0 amide bonds. The molecule has 0 saturated carbocycles. The van der Waals surface area contributed by atoms with E-state index in [0.29, 0.717) is 28.9 Å². The van der Waals surface area contributed by atoms with Gasteiger partial charge >= 0.3 is 7.12 Å². The summed E-state index contributed by atoms with van der Waals surface area (Å²) in [6.45, 7) is 2.68. The molecule has 2 heterocycles. The summed E-state index contributed by atoms with van der Waals surface area (Å²) >= 11 is 12.4. The van der Waals surface area contributed by atoms with E-state index in [1.807, 2.05) is 6.92 Å². The van der Waals surface area contributed by atoms with E-state index in [4.69, 9.17) is 43.0 Å². The Morgan fingerprint density at radius 3 is 2.89 bits per heavy atom. The molecule has 18 heavy (non-hydrogen) atoms. The van der Waals surface area contributed by atoms with Gasteiger partial charge in [0.05, 0.1) is 17.2 Å². The lowest BCUT2D eigenvalue weighted by atomic mass is 9.77. The highest BCUT2D eigenvalue weighted by Crippen LogP contribution is 2.39. The van der Waals surface area contributed by atoms with E-state index >= 15 is 0 Å². The van der Waals surface area contributed by atoms with Crippen LogP contribution in [0.1, 0.15) is 18.6 Å². The first-order valence-corrected chi connectivity index (χ1v) is 6.53. The lowest BCUT2D eigenvalue weighted by Gasteiger charge is -2.16. The van der Waals surface area contributed by atoms with Gasteiger partial charge < -0.3 is 19.8 Å². The van der Waals surface area contributed by atoms with Gasteiger partial charge in [-0.3, -0.25) is 0 Å². The number of rotatable bonds is 1. The van der Waals surface area contributed by atoms with Crippen LogP contribution in [0, 0.1) is 0 Å². The van der Waals surface area contributed by atoms with Crippen LogP contribution in [0.4, 0.5) is 0 Å². The fourth-order valence-electron chi connectivity index (χ4n) is 2.35. The first kappa shape index (κ1) is 12.6. The predicted molar refractivity (Wildman–Crippen MR) is 70.8 cm³/mol. The zero-order valence-corrected chi connectivity index (χ0v) is 11.3. The van der Waals surface area contributed by atoms with Gasteiger partial charge in [0.1, 0.15) is 12.4 Å². The number of nitrogens with two attached hydrogens (primary N) is 1. The second kappa shape index (κ2) is 4.58. The normalized spacial score (nSPS) is 25.7. The molecule has 96 valence electrons. The quantitative estimate of drug-likeness (QED) is 0.796. The van der Waals surface area contributed by atoms with Crippen molar-refractivity contribution in [3.63, 3.8) is 0 Å². The van der Waals surface area contributed by atoms with E-state index in [1.54, 1.807) is 6.07 Å². The largest absolute Gasteiger partial charge is 0.499 e. The van der Waals surface area contributed by atoms with E-state index < -0.39 is 7.12 Å². The molecular weight excluding hydrogens is 276 g/mol. The molecule has 2 unspecified atom stereocenters. The van der Waals surface area contributed by atoms with Gasteiger partial charge in [-0.15, -0.1) is 0 Å². The van der Waals surface area contributed by atoms with Crippen LogP contribution in [0.3, 0.4) is 0 Å². The Labute approximate surface area is 115 Å². The average Bonchev–Trinajstić information content (AvgIpc) is 2.59. The average molecular weight is 288 g/mol. The van der Waals surface area contributed by atoms with E-state index in [1.165, 1.54) is 0 Å². The minimum absolute atomic E-state index is 0.0818. The molecule has 0 aromatic heterocycles. The summed E-state index contributed by atoms with van der Waals surface area (Å²) in [6, 6.07) is 1.67. The monoisotopic (exact) mass is 287 g/mol. The van der Waals surface area contributed by atoms with Crippen molar-refractivity contribution in [2.24, 2.45) is 5.73 Å². The second-order valence-electron chi connectivity index (χ2n) is 4.45. The van der Waals surface area contributed by atoms with Crippen LogP contribution in [0.15, 0.2) is 6.07 Å². The summed E-state index contributed by atoms with van der Waals surface area (Å²) in [5, 5.41) is 1.01. The van der Waals surface area contributed by atoms with E-state index in [0.717, 1.165) is 11.0 Å². The van der Waals surface area contributed by atoms with Crippen molar-refractivity contribution in [1.82, 2.24) is 0 Å². The van der Waals surface area contributed by atoms with Gasteiger partial charge in [-0.1, -0.05) is 23.2 Å². The van der Waals surface area contributed by atoms with Crippen molar-refractivity contribution < 1.29 is 14.0 Å². The van der Waals surface area contributed by atoms with Gasteiger partial charge in [-0.25, -0.2) is 0 Å². The molecule has 2 aliphatic heterocycles. The van der Waals surface area contributed by atoms with Crippen LogP contribution >= 0.6 is 23.2 Å². The van der Waals surface area contributed by atoms with Crippen LogP contribution < -0.4 is 15.9 Å². The van der Waals surface area contributed by atoms with Crippen molar-refractivity contribution >= 4 is 35.8 Å². The topological polar surface area (TPSA) is 53.7 Å². The smallest absolute Gasteiger partial charge is 0.490 e. The Balaban J connectivity index is 2.20. The molecule has 1 aromatic carbocycles. The van der Waals surface area contributed by atoms with Crippen molar-refractivity contribution in [1.29, 1.82) is 0 Å². The van der Waals surface area contributed by atoms with Crippen LogP contribution in [0.2, 0.25) is 10.0 Å². The molecular formula is C11H12BCl2NO3. The highest BCUT2D eigenvalue weighted by Gasteiger charge is 2.44. The Morgan fingerprint density at radius 2 is 2.17 bits per heavy atom. The van der Waals surface area contributed by atoms with E-state index in [9.17, 15) is 0 Å². The number of hydrogen-bond acceptors (Lipinski definition) is 4. The lowest BCUT2D eigenvalue weighted by molar-refractivity contribution is 0.101. The van der Waals surface area contributed by atoms with Crippen LogP contribution in [0.25, 0.3) is 0 Å². The van der Waals surface area contributed by atoms with E-state index in [-0.39, 0.29) is 12.2 Å². The number of benzene rings is 1. The molecule has 4 nitrogen and oxygen atoms in total. The Morgan fingerprint density at radius 1 is 1.39 bits per heavy atom. The fraction of sp³-hybridized carbons (Fsp3) is 0.455. The molecule has 2 N–H and O–H groups in total. The SMILES string of the molecule is CC1COc2c(Cl)cc(Cl)c3c2B(O1)OC3CN. The van der Waals surface area contributed by atoms with Crippen LogP contribution in [-0.2, 0) is 9.31 Å². The first-order chi connectivity index (χ1) is 8.61. The molecule has 0 aliphatic carbocycles. The lowest BCUT2D eigenvalue weighted by Crippen LogP contribution is -2.34. The fourth-order valence-corrected chi connectivity index (χ4v) is 3.01. The summed E-state index contributed by atoms with van der Waals surface area (Å²) < 4.78 is 17.2. The minimum Gasteiger partial charge on any atom is -0.490 e. The molecule has 2 atom stereocenters. The molecule has 1 aromatic rings. The molecule has 0 spiro atoms. The molecule has 0 fully saturated rings. The Hall–Kier alpha value is -0.455. The second-order valence-corrected chi connectivity index (χ2v) is 5.26. The minimum atomic E-state index is -0.503. The van der Waals surface area contributed by atoms with Crippen LogP contribution in [-0.4, -0.2) is 26.4 Å². The molecule has 0 bridgehead atoms. The first-order valence-electron chi connectivity index (χ1n) is 5.77.